The molecule has 5 nitrogen and oxygen atoms in total. The lowest BCUT2D eigenvalue weighted by atomic mass is 10.3. The highest BCUT2D eigenvalue weighted by Gasteiger charge is 2.05. The summed E-state index contributed by atoms with van der Waals surface area (Å²) in [6.45, 7) is 0.600. The van der Waals surface area contributed by atoms with Crippen LogP contribution in [0.5, 0.6) is 0 Å². The Kier molecular flexibility index (Phi) is 3.72. The third-order valence-electron chi connectivity index (χ3n) is 2.38. The van der Waals surface area contributed by atoms with Crippen LogP contribution in [0.4, 0.5) is 10.8 Å². The highest BCUT2D eigenvalue weighted by atomic mass is 32.2. The Morgan fingerprint density at radius 1 is 1.44 bits per heavy atom. The van der Waals surface area contributed by atoms with E-state index in [0.717, 1.165) is 21.0 Å². The minimum absolute atomic E-state index is 0.192. The van der Waals surface area contributed by atoms with E-state index in [2.05, 4.69) is 10.3 Å². The number of rotatable bonds is 5. The second-order valence-corrected chi connectivity index (χ2v) is 7.45. The van der Waals surface area contributed by atoms with Crippen molar-refractivity contribution in [2.45, 2.75) is 6.42 Å². The normalized spacial score (nSPS) is 11.8. The van der Waals surface area contributed by atoms with E-state index < -0.39 is 9.84 Å². The molecule has 98 valence electrons. The molecule has 0 spiro atoms. The van der Waals surface area contributed by atoms with Crippen LogP contribution >= 0.6 is 11.3 Å². The number of fused-ring (bicyclic) bond motifs is 1. The van der Waals surface area contributed by atoms with E-state index in [4.69, 9.17) is 5.73 Å². The molecule has 18 heavy (non-hydrogen) atoms. The summed E-state index contributed by atoms with van der Waals surface area (Å²) in [6.07, 6.45) is 1.82. The van der Waals surface area contributed by atoms with Gasteiger partial charge in [-0.2, -0.15) is 0 Å². The van der Waals surface area contributed by atoms with Crippen LogP contribution in [0.15, 0.2) is 18.2 Å². The number of thiazole rings is 1. The summed E-state index contributed by atoms with van der Waals surface area (Å²) in [5, 5.41) is 3.92. The van der Waals surface area contributed by atoms with Gasteiger partial charge in [-0.25, -0.2) is 13.4 Å². The number of hydrogen-bond donors (Lipinski definition) is 2. The average molecular weight is 285 g/mol. The number of nitrogen functional groups attached to an aromatic ring is 1. The van der Waals surface area contributed by atoms with Gasteiger partial charge in [0.25, 0.3) is 0 Å². The molecule has 0 unspecified atom stereocenters. The van der Waals surface area contributed by atoms with Gasteiger partial charge < -0.3 is 11.1 Å². The Morgan fingerprint density at radius 2 is 2.22 bits per heavy atom. The summed E-state index contributed by atoms with van der Waals surface area (Å²) >= 11 is 1.52. The average Bonchev–Trinajstić information content (AvgIpc) is 2.65. The molecule has 0 radical (unpaired) electrons. The molecule has 2 rings (SSSR count). The standard InChI is InChI=1S/C11H15N3O2S2/c1-18(15,16)6-2-5-13-11-14-9-4-3-8(12)7-10(9)17-11/h3-4,7H,2,5-6,12H2,1H3,(H,13,14). The van der Waals surface area contributed by atoms with Crippen LogP contribution in [-0.2, 0) is 9.84 Å². The zero-order valence-corrected chi connectivity index (χ0v) is 11.6. The van der Waals surface area contributed by atoms with Crippen molar-refractivity contribution in [3.05, 3.63) is 18.2 Å². The smallest absolute Gasteiger partial charge is 0.183 e. The van der Waals surface area contributed by atoms with Crippen LogP contribution in [0.25, 0.3) is 10.2 Å². The number of hydrogen-bond acceptors (Lipinski definition) is 6. The molecule has 0 saturated heterocycles. The maximum absolute atomic E-state index is 11.0. The Hall–Kier alpha value is -1.34. The number of anilines is 2. The van der Waals surface area contributed by atoms with Gasteiger partial charge in [-0.15, -0.1) is 0 Å². The van der Waals surface area contributed by atoms with E-state index in [1.54, 1.807) is 0 Å². The van der Waals surface area contributed by atoms with Crippen LogP contribution in [0.2, 0.25) is 0 Å². The molecule has 0 amide bonds. The van der Waals surface area contributed by atoms with Crippen molar-refractivity contribution in [2.75, 3.05) is 29.6 Å². The van der Waals surface area contributed by atoms with Gasteiger partial charge >= 0.3 is 0 Å². The molecule has 0 fully saturated rings. The number of benzene rings is 1. The summed E-state index contributed by atoms with van der Waals surface area (Å²) in [5.41, 5.74) is 7.31. The number of nitrogens with one attached hydrogen (secondary N) is 1. The summed E-state index contributed by atoms with van der Waals surface area (Å²) in [7, 11) is -2.88. The van der Waals surface area contributed by atoms with E-state index in [0.29, 0.717) is 13.0 Å². The number of aromatic nitrogens is 1. The molecule has 1 aromatic carbocycles. The lowest BCUT2D eigenvalue weighted by molar-refractivity contribution is 0.600. The first-order chi connectivity index (χ1) is 8.44. The first-order valence-electron chi connectivity index (χ1n) is 5.52. The van der Waals surface area contributed by atoms with E-state index in [9.17, 15) is 8.42 Å². The molecule has 3 N–H and O–H groups in total. The van der Waals surface area contributed by atoms with Crippen LogP contribution in [-0.4, -0.2) is 32.0 Å². The Labute approximate surface area is 110 Å². The van der Waals surface area contributed by atoms with Gasteiger partial charge in [-0.05, 0) is 24.6 Å². The zero-order chi connectivity index (χ0) is 13.2. The lowest BCUT2D eigenvalue weighted by Crippen LogP contribution is -2.09. The minimum atomic E-state index is -2.88. The van der Waals surface area contributed by atoms with Gasteiger partial charge in [0.05, 0.1) is 16.0 Å². The molecule has 0 bridgehead atoms. The molecule has 0 aliphatic heterocycles. The van der Waals surface area contributed by atoms with Gasteiger partial charge in [0, 0.05) is 18.5 Å². The first-order valence-corrected chi connectivity index (χ1v) is 8.39. The number of sulfone groups is 1. The van der Waals surface area contributed by atoms with Crippen molar-refractivity contribution in [3.63, 3.8) is 0 Å². The van der Waals surface area contributed by atoms with Crippen LogP contribution < -0.4 is 11.1 Å². The minimum Gasteiger partial charge on any atom is -0.399 e. The van der Waals surface area contributed by atoms with Gasteiger partial charge in [-0.1, -0.05) is 11.3 Å². The molecule has 0 atom stereocenters. The largest absolute Gasteiger partial charge is 0.399 e. The van der Waals surface area contributed by atoms with Gasteiger partial charge in [0.2, 0.25) is 0 Å². The van der Waals surface area contributed by atoms with E-state index >= 15 is 0 Å². The van der Waals surface area contributed by atoms with Crippen molar-refractivity contribution in [3.8, 4) is 0 Å². The van der Waals surface area contributed by atoms with Crippen LogP contribution in [0.1, 0.15) is 6.42 Å². The number of nitrogens with two attached hydrogens (primary N) is 1. The lowest BCUT2D eigenvalue weighted by Gasteiger charge is -2.00. The van der Waals surface area contributed by atoms with Crippen LogP contribution in [0, 0.1) is 0 Å². The Morgan fingerprint density at radius 3 is 2.94 bits per heavy atom. The molecule has 7 heteroatoms. The fourth-order valence-electron chi connectivity index (χ4n) is 1.55. The van der Waals surface area contributed by atoms with Crippen molar-refractivity contribution >= 4 is 42.2 Å². The predicted molar refractivity (Wildman–Crippen MR) is 76.8 cm³/mol. The monoisotopic (exact) mass is 285 g/mol. The van der Waals surface area contributed by atoms with Crippen molar-refractivity contribution in [1.29, 1.82) is 0 Å². The molecule has 0 aliphatic carbocycles. The van der Waals surface area contributed by atoms with Crippen molar-refractivity contribution in [2.24, 2.45) is 0 Å². The third kappa shape index (κ3) is 3.58. The third-order valence-corrected chi connectivity index (χ3v) is 4.39. The molecule has 0 saturated carbocycles. The summed E-state index contributed by atoms with van der Waals surface area (Å²) < 4.78 is 23.0. The first kappa shape index (κ1) is 13.1. The molecule has 2 aromatic rings. The molecule has 0 aliphatic rings. The molecular weight excluding hydrogens is 270 g/mol. The quantitative estimate of drug-likeness (QED) is 0.645. The van der Waals surface area contributed by atoms with Gasteiger partial charge in [0.1, 0.15) is 9.84 Å². The molecule has 1 heterocycles. The van der Waals surface area contributed by atoms with Crippen molar-refractivity contribution in [1.82, 2.24) is 4.98 Å². The second-order valence-electron chi connectivity index (χ2n) is 4.16. The highest BCUT2D eigenvalue weighted by Crippen LogP contribution is 2.27. The van der Waals surface area contributed by atoms with E-state index in [1.807, 2.05) is 18.2 Å². The number of nitrogens with zero attached hydrogens (tertiary/aromatic N) is 1. The zero-order valence-electron chi connectivity index (χ0n) is 10.0. The fourth-order valence-corrected chi connectivity index (χ4v) is 3.16. The maximum Gasteiger partial charge on any atom is 0.183 e. The predicted octanol–water partition coefficient (Wildman–Crippen LogP) is 1.73. The van der Waals surface area contributed by atoms with Crippen LogP contribution in [0.3, 0.4) is 0 Å². The highest BCUT2D eigenvalue weighted by molar-refractivity contribution is 7.90. The summed E-state index contributed by atoms with van der Waals surface area (Å²) in [6, 6.07) is 5.58. The Bertz CT molecular complexity index is 649. The van der Waals surface area contributed by atoms with E-state index in [1.165, 1.54) is 17.6 Å². The maximum atomic E-state index is 11.0. The summed E-state index contributed by atoms with van der Waals surface area (Å²) in [4.78, 5) is 4.39. The summed E-state index contributed by atoms with van der Waals surface area (Å²) in [5.74, 6) is 0.192. The van der Waals surface area contributed by atoms with Gasteiger partial charge in [-0.3, -0.25) is 0 Å². The molecular formula is C11H15N3O2S2. The van der Waals surface area contributed by atoms with Crippen molar-refractivity contribution < 1.29 is 8.42 Å². The second kappa shape index (κ2) is 5.11. The van der Waals surface area contributed by atoms with E-state index in [-0.39, 0.29) is 5.75 Å². The molecule has 1 aromatic heterocycles. The fraction of sp³-hybridized carbons (Fsp3) is 0.364. The Balaban J connectivity index is 1.96. The van der Waals surface area contributed by atoms with Gasteiger partial charge in [0.15, 0.2) is 5.13 Å². The topological polar surface area (TPSA) is 85.1 Å². The SMILES string of the molecule is CS(=O)(=O)CCCNc1nc2ccc(N)cc2s1.